The number of hydrogen-bond acceptors (Lipinski definition) is 6. The number of carbonyl (C=O) groups is 1. The predicted octanol–water partition coefficient (Wildman–Crippen LogP) is 3.98. The first kappa shape index (κ1) is 22.7. The van der Waals surface area contributed by atoms with Crippen molar-refractivity contribution in [3.05, 3.63) is 59.1 Å². The van der Waals surface area contributed by atoms with Gasteiger partial charge in [-0.1, -0.05) is 61.8 Å². The molecule has 3 aromatic rings. The lowest BCUT2D eigenvalue weighted by Crippen LogP contribution is -2.42. The molecular weight excluding hydrogens is 416 g/mol. The van der Waals surface area contributed by atoms with Crippen LogP contribution in [-0.4, -0.2) is 37.7 Å². The zero-order valence-electron chi connectivity index (χ0n) is 17.5. The molecule has 3 rings (SSSR count). The SMILES string of the molecule is CCC(CC)(CO)C(=O)NCc1ccc(Cl)c(-c2nc(O)nc(-c3ccccc3)n2)c1. The van der Waals surface area contributed by atoms with Crippen LogP contribution in [0.5, 0.6) is 6.01 Å². The molecule has 0 aliphatic carbocycles. The molecule has 1 aromatic heterocycles. The summed E-state index contributed by atoms with van der Waals surface area (Å²) in [7, 11) is 0. The molecule has 7 nitrogen and oxygen atoms in total. The van der Waals surface area contributed by atoms with Gasteiger partial charge in [0.05, 0.1) is 17.0 Å². The molecule has 3 N–H and O–H groups in total. The van der Waals surface area contributed by atoms with Crippen molar-refractivity contribution in [2.45, 2.75) is 33.2 Å². The standard InChI is InChI=1S/C23H25ClN4O3/c1-3-23(4-2,14-29)21(30)25-13-15-10-11-18(24)17(12-15)20-26-19(27-22(31)28-20)16-8-6-5-7-9-16/h5-12,29H,3-4,13-14H2,1-2H3,(H,25,30)(H,26,27,28,31). The number of nitrogens with one attached hydrogen (secondary N) is 1. The minimum Gasteiger partial charge on any atom is -0.479 e. The highest BCUT2D eigenvalue weighted by atomic mass is 35.5. The molecule has 0 bridgehead atoms. The Bertz CT molecular complexity index is 1050. The lowest BCUT2D eigenvalue weighted by atomic mass is 9.82. The van der Waals surface area contributed by atoms with E-state index in [1.165, 1.54) is 0 Å². The lowest BCUT2D eigenvalue weighted by molar-refractivity contribution is -0.134. The Morgan fingerprint density at radius 1 is 1.03 bits per heavy atom. The molecule has 1 heterocycles. The fraction of sp³-hybridized carbons (Fsp3) is 0.304. The topological polar surface area (TPSA) is 108 Å². The van der Waals surface area contributed by atoms with Crippen molar-refractivity contribution in [1.29, 1.82) is 0 Å². The minimum absolute atomic E-state index is 0.194. The maximum atomic E-state index is 12.6. The number of rotatable bonds is 8. The first-order valence-corrected chi connectivity index (χ1v) is 10.5. The number of halogens is 1. The van der Waals surface area contributed by atoms with Gasteiger partial charge in [-0.15, -0.1) is 0 Å². The van der Waals surface area contributed by atoms with Crippen LogP contribution in [-0.2, 0) is 11.3 Å². The van der Waals surface area contributed by atoms with Crippen LogP contribution in [0.2, 0.25) is 5.02 Å². The Hall–Kier alpha value is -3.03. The summed E-state index contributed by atoms with van der Waals surface area (Å²) >= 11 is 6.38. The average molecular weight is 441 g/mol. The molecule has 2 aromatic carbocycles. The van der Waals surface area contributed by atoms with Crippen molar-refractivity contribution in [2.75, 3.05) is 6.61 Å². The van der Waals surface area contributed by atoms with Crippen LogP contribution in [0.15, 0.2) is 48.5 Å². The number of benzene rings is 2. The van der Waals surface area contributed by atoms with Crippen LogP contribution >= 0.6 is 11.6 Å². The molecule has 0 unspecified atom stereocenters. The molecule has 31 heavy (non-hydrogen) atoms. The summed E-state index contributed by atoms with van der Waals surface area (Å²) in [6.07, 6.45) is 1.09. The van der Waals surface area contributed by atoms with E-state index in [4.69, 9.17) is 11.6 Å². The summed E-state index contributed by atoms with van der Waals surface area (Å²) in [5, 5.41) is 23.0. The molecule has 1 amide bonds. The third-order valence-electron chi connectivity index (χ3n) is 5.52. The van der Waals surface area contributed by atoms with Gasteiger partial charge in [0.25, 0.3) is 0 Å². The van der Waals surface area contributed by atoms with E-state index in [1.54, 1.807) is 18.2 Å². The van der Waals surface area contributed by atoms with Gasteiger partial charge in [0.2, 0.25) is 5.91 Å². The Kier molecular flexibility index (Phi) is 7.20. The van der Waals surface area contributed by atoms with Gasteiger partial charge in [-0.05, 0) is 30.5 Å². The number of amides is 1. The largest absolute Gasteiger partial charge is 0.479 e. The molecule has 0 saturated heterocycles. The summed E-state index contributed by atoms with van der Waals surface area (Å²) in [4.78, 5) is 25.1. The average Bonchev–Trinajstić information content (AvgIpc) is 2.80. The Labute approximate surface area is 186 Å². The van der Waals surface area contributed by atoms with E-state index < -0.39 is 11.4 Å². The van der Waals surface area contributed by atoms with Crippen LogP contribution in [0.4, 0.5) is 0 Å². The molecule has 162 valence electrons. The summed E-state index contributed by atoms with van der Waals surface area (Å²) in [5.41, 5.74) is 1.25. The van der Waals surface area contributed by atoms with Crippen LogP contribution in [0.25, 0.3) is 22.8 Å². The lowest BCUT2D eigenvalue weighted by Gasteiger charge is -2.27. The van der Waals surface area contributed by atoms with E-state index in [-0.39, 0.29) is 24.9 Å². The first-order chi connectivity index (χ1) is 14.9. The Balaban J connectivity index is 1.88. The molecule has 8 heteroatoms. The monoisotopic (exact) mass is 440 g/mol. The van der Waals surface area contributed by atoms with Crippen molar-refractivity contribution in [2.24, 2.45) is 5.41 Å². The number of aromatic hydroxyl groups is 1. The second kappa shape index (κ2) is 9.85. The highest BCUT2D eigenvalue weighted by Gasteiger charge is 2.33. The van der Waals surface area contributed by atoms with Crippen molar-refractivity contribution >= 4 is 17.5 Å². The molecule has 0 aliphatic heterocycles. The molecule has 0 fully saturated rings. The van der Waals surface area contributed by atoms with E-state index in [2.05, 4.69) is 20.3 Å². The van der Waals surface area contributed by atoms with Crippen LogP contribution < -0.4 is 5.32 Å². The van der Waals surface area contributed by atoms with Gasteiger partial charge in [0, 0.05) is 17.7 Å². The zero-order chi connectivity index (χ0) is 22.4. The smallest absolute Gasteiger partial charge is 0.318 e. The van der Waals surface area contributed by atoms with Crippen LogP contribution in [0.1, 0.15) is 32.3 Å². The Morgan fingerprint density at radius 3 is 2.35 bits per heavy atom. The van der Waals surface area contributed by atoms with E-state index in [1.807, 2.05) is 44.2 Å². The quantitative estimate of drug-likeness (QED) is 0.489. The van der Waals surface area contributed by atoms with Crippen molar-refractivity contribution < 1.29 is 15.0 Å². The highest BCUT2D eigenvalue weighted by molar-refractivity contribution is 6.33. The normalized spacial score (nSPS) is 11.4. The fourth-order valence-electron chi connectivity index (χ4n) is 3.29. The van der Waals surface area contributed by atoms with E-state index >= 15 is 0 Å². The van der Waals surface area contributed by atoms with Gasteiger partial charge in [-0.3, -0.25) is 4.79 Å². The van der Waals surface area contributed by atoms with Gasteiger partial charge >= 0.3 is 6.01 Å². The summed E-state index contributed by atoms with van der Waals surface area (Å²) in [6.45, 7) is 3.83. The third kappa shape index (κ3) is 5.00. The number of aromatic nitrogens is 3. The second-order valence-corrected chi connectivity index (χ2v) is 7.70. The van der Waals surface area contributed by atoms with Gasteiger partial charge in [-0.2, -0.15) is 9.97 Å². The van der Waals surface area contributed by atoms with E-state index in [9.17, 15) is 15.0 Å². The first-order valence-electron chi connectivity index (χ1n) is 10.1. The fourth-order valence-corrected chi connectivity index (χ4v) is 3.49. The number of carbonyl (C=O) groups excluding carboxylic acids is 1. The van der Waals surface area contributed by atoms with Crippen molar-refractivity contribution in [3.8, 4) is 28.8 Å². The van der Waals surface area contributed by atoms with Crippen molar-refractivity contribution in [1.82, 2.24) is 20.3 Å². The number of aliphatic hydroxyl groups excluding tert-OH is 1. The van der Waals surface area contributed by atoms with Crippen molar-refractivity contribution in [3.63, 3.8) is 0 Å². The summed E-state index contributed by atoms with van der Waals surface area (Å²) < 4.78 is 0. The number of aliphatic hydroxyl groups is 1. The van der Waals surface area contributed by atoms with E-state index in [0.29, 0.717) is 29.3 Å². The van der Waals surface area contributed by atoms with Gasteiger partial charge < -0.3 is 15.5 Å². The molecule has 0 saturated carbocycles. The van der Waals surface area contributed by atoms with Crippen LogP contribution in [0.3, 0.4) is 0 Å². The van der Waals surface area contributed by atoms with Gasteiger partial charge in [-0.25, -0.2) is 4.98 Å². The maximum Gasteiger partial charge on any atom is 0.318 e. The molecule has 0 aliphatic rings. The third-order valence-corrected chi connectivity index (χ3v) is 5.85. The second-order valence-electron chi connectivity index (χ2n) is 7.29. The number of hydrogen-bond donors (Lipinski definition) is 3. The minimum atomic E-state index is -0.792. The molecule has 0 radical (unpaired) electrons. The molecular formula is C23H25ClN4O3. The zero-order valence-corrected chi connectivity index (χ0v) is 18.2. The van der Waals surface area contributed by atoms with Crippen LogP contribution in [0, 0.1) is 5.41 Å². The summed E-state index contributed by atoms with van der Waals surface area (Å²) in [6, 6.07) is 14.1. The van der Waals surface area contributed by atoms with Gasteiger partial charge in [0.15, 0.2) is 11.6 Å². The summed E-state index contributed by atoms with van der Waals surface area (Å²) in [5.74, 6) is 0.369. The highest BCUT2D eigenvalue weighted by Crippen LogP contribution is 2.29. The molecule has 0 atom stereocenters. The van der Waals surface area contributed by atoms with E-state index in [0.717, 1.165) is 11.1 Å². The molecule has 0 spiro atoms. The van der Waals surface area contributed by atoms with Gasteiger partial charge in [0.1, 0.15) is 0 Å². The Morgan fingerprint density at radius 2 is 1.71 bits per heavy atom. The maximum absolute atomic E-state index is 12.6. The number of nitrogens with zero attached hydrogens (tertiary/aromatic N) is 3. The predicted molar refractivity (Wildman–Crippen MR) is 119 cm³/mol.